The van der Waals surface area contributed by atoms with Crippen molar-refractivity contribution in [3.05, 3.63) is 42.1 Å². The lowest BCUT2D eigenvalue weighted by molar-refractivity contribution is 0.634. The number of nitrogens with zero attached hydrogens (tertiary/aromatic N) is 3. The molecule has 80 valence electrons. The largest absolute Gasteiger partial charge is 0.268 e. The maximum Gasteiger partial charge on any atom is 0.0926 e. The Hall–Kier alpha value is -2.08. The summed E-state index contributed by atoms with van der Waals surface area (Å²) < 4.78 is 1.88. The summed E-state index contributed by atoms with van der Waals surface area (Å²) >= 11 is 0. The van der Waals surface area contributed by atoms with Gasteiger partial charge >= 0.3 is 0 Å². The molecule has 1 heterocycles. The normalized spacial score (nSPS) is 10.0. The molecular formula is C13H13N3. The Morgan fingerprint density at radius 3 is 2.69 bits per heavy atom. The van der Waals surface area contributed by atoms with Gasteiger partial charge in [0.2, 0.25) is 0 Å². The first-order valence-electron chi connectivity index (χ1n) is 5.34. The summed E-state index contributed by atoms with van der Waals surface area (Å²) in [7, 11) is 0. The summed E-state index contributed by atoms with van der Waals surface area (Å²) in [6, 6.07) is 14.2. The fourth-order valence-electron chi connectivity index (χ4n) is 1.70. The Labute approximate surface area is 94.9 Å². The van der Waals surface area contributed by atoms with E-state index in [0.29, 0.717) is 6.42 Å². The monoisotopic (exact) mass is 211 g/mol. The van der Waals surface area contributed by atoms with Gasteiger partial charge in [-0.25, -0.2) is 0 Å². The summed E-state index contributed by atoms with van der Waals surface area (Å²) in [6.07, 6.45) is 0.410. The minimum absolute atomic E-state index is 0.410. The van der Waals surface area contributed by atoms with Gasteiger partial charge in [0.05, 0.1) is 23.9 Å². The fourth-order valence-corrected chi connectivity index (χ4v) is 1.70. The van der Waals surface area contributed by atoms with E-state index in [-0.39, 0.29) is 0 Å². The van der Waals surface area contributed by atoms with Gasteiger partial charge < -0.3 is 0 Å². The molecule has 16 heavy (non-hydrogen) atoms. The van der Waals surface area contributed by atoms with Crippen molar-refractivity contribution in [2.24, 2.45) is 0 Å². The van der Waals surface area contributed by atoms with Gasteiger partial charge in [-0.05, 0) is 13.0 Å². The standard InChI is InChI=1S/C13H13N3/c1-2-16-12(8-9-14)10-13(15-16)11-6-4-3-5-7-11/h3-7,10H,2,8H2,1H3. The van der Waals surface area contributed by atoms with Gasteiger partial charge in [0.1, 0.15) is 0 Å². The molecule has 0 aliphatic rings. The van der Waals surface area contributed by atoms with E-state index < -0.39 is 0 Å². The third-order valence-electron chi connectivity index (χ3n) is 2.49. The molecule has 3 heteroatoms. The molecule has 2 rings (SSSR count). The molecule has 0 fully saturated rings. The highest BCUT2D eigenvalue weighted by atomic mass is 15.3. The Balaban J connectivity index is 2.41. The predicted molar refractivity (Wildman–Crippen MR) is 62.7 cm³/mol. The number of hydrogen-bond donors (Lipinski definition) is 0. The molecule has 0 aliphatic heterocycles. The van der Waals surface area contributed by atoms with Crippen molar-refractivity contribution >= 4 is 0 Å². The second-order valence-electron chi connectivity index (χ2n) is 3.54. The van der Waals surface area contributed by atoms with Crippen LogP contribution in [0.15, 0.2) is 36.4 Å². The van der Waals surface area contributed by atoms with E-state index in [2.05, 4.69) is 11.2 Å². The number of rotatable bonds is 3. The van der Waals surface area contributed by atoms with E-state index in [4.69, 9.17) is 5.26 Å². The van der Waals surface area contributed by atoms with Crippen LogP contribution in [0, 0.1) is 11.3 Å². The molecule has 1 aromatic carbocycles. The van der Waals surface area contributed by atoms with Gasteiger partial charge in [-0.1, -0.05) is 30.3 Å². The Kier molecular flexibility index (Phi) is 3.02. The second-order valence-corrected chi connectivity index (χ2v) is 3.54. The van der Waals surface area contributed by atoms with Gasteiger partial charge in [0.15, 0.2) is 0 Å². The Bertz CT molecular complexity index is 506. The van der Waals surface area contributed by atoms with Crippen LogP contribution in [0.5, 0.6) is 0 Å². The van der Waals surface area contributed by atoms with Crippen LogP contribution in [-0.4, -0.2) is 9.78 Å². The molecular weight excluding hydrogens is 198 g/mol. The summed E-state index contributed by atoms with van der Waals surface area (Å²) in [4.78, 5) is 0. The smallest absolute Gasteiger partial charge is 0.0926 e. The summed E-state index contributed by atoms with van der Waals surface area (Å²) in [6.45, 7) is 2.83. The van der Waals surface area contributed by atoms with Crippen molar-refractivity contribution in [1.29, 1.82) is 5.26 Å². The van der Waals surface area contributed by atoms with Crippen LogP contribution in [0.1, 0.15) is 12.6 Å². The lowest BCUT2D eigenvalue weighted by atomic mass is 10.1. The number of benzene rings is 1. The third-order valence-corrected chi connectivity index (χ3v) is 2.49. The SMILES string of the molecule is CCn1nc(-c2ccccc2)cc1CC#N. The maximum atomic E-state index is 8.73. The first-order valence-corrected chi connectivity index (χ1v) is 5.34. The highest BCUT2D eigenvalue weighted by molar-refractivity contribution is 5.59. The molecule has 0 spiro atoms. The van der Waals surface area contributed by atoms with Crippen LogP contribution < -0.4 is 0 Å². The lowest BCUT2D eigenvalue weighted by Crippen LogP contribution is -2.01. The van der Waals surface area contributed by atoms with Crippen molar-refractivity contribution in [3.63, 3.8) is 0 Å². The average molecular weight is 211 g/mol. The van der Waals surface area contributed by atoms with Crippen LogP contribution in [0.2, 0.25) is 0 Å². The molecule has 2 aromatic rings. The van der Waals surface area contributed by atoms with E-state index in [1.807, 2.05) is 48.0 Å². The van der Waals surface area contributed by atoms with Crippen molar-refractivity contribution in [3.8, 4) is 17.3 Å². The van der Waals surface area contributed by atoms with Crippen LogP contribution in [-0.2, 0) is 13.0 Å². The number of aromatic nitrogens is 2. The van der Waals surface area contributed by atoms with Crippen LogP contribution in [0.3, 0.4) is 0 Å². The molecule has 0 saturated heterocycles. The molecule has 0 amide bonds. The third kappa shape index (κ3) is 1.96. The zero-order valence-corrected chi connectivity index (χ0v) is 9.22. The van der Waals surface area contributed by atoms with Crippen LogP contribution in [0.4, 0.5) is 0 Å². The number of aryl methyl sites for hydroxylation is 1. The zero-order valence-electron chi connectivity index (χ0n) is 9.22. The minimum Gasteiger partial charge on any atom is -0.268 e. The van der Waals surface area contributed by atoms with E-state index >= 15 is 0 Å². The topological polar surface area (TPSA) is 41.6 Å². The predicted octanol–water partition coefficient (Wildman–Crippen LogP) is 2.64. The molecule has 0 radical (unpaired) electrons. The molecule has 0 N–H and O–H groups in total. The van der Waals surface area contributed by atoms with Gasteiger partial charge in [-0.15, -0.1) is 0 Å². The Morgan fingerprint density at radius 1 is 1.31 bits per heavy atom. The number of nitriles is 1. The van der Waals surface area contributed by atoms with Gasteiger partial charge in [-0.2, -0.15) is 10.4 Å². The highest BCUT2D eigenvalue weighted by Crippen LogP contribution is 2.18. The van der Waals surface area contributed by atoms with E-state index in [1.165, 1.54) is 0 Å². The highest BCUT2D eigenvalue weighted by Gasteiger charge is 2.07. The summed E-state index contributed by atoms with van der Waals surface area (Å²) in [5.74, 6) is 0. The van der Waals surface area contributed by atoms with Crippen molar-refractivity contribution in [2.45, 2.75) is 19.9 Å². The average Bonchev–Trinajstić information content (AvgIpc) is 2.74. The van der Waals surface area contributed by atoms with Gasteiger partial charge in [0.25, 0.3) is 0 Å². The van der Waals surface area contributed by atoms with Gasteiger partial charge in [0, 0.05) is 12.1 Å². The first kappa shape index (κ1) is 10.4. The Morgan fingerprint density at radius 2 is 2.06 bits per heavy atom. The van der Waals surface area contributed by atoms with Crippen molar-refractivity contribution < 1.29 is 0 Å². The van der Waals surface area contributed by atoms with E-state index in [9.17, 15) is 0 Å². The number of hydrogen-bond acceptors (Lipinski definition) is 2. The quantitative estimate of drug-likeness (QED) is 0.783. The minimum atomic E-state index is 0.410. The summed E-state index contributed by atoms with van der Waals surface area (Å²) in [5, 5.41) is 13.2. The molecule has 0 unspecified atom stereocenters. The zero-order chi connectivity index (χ0) is 11.4. The van der Waals surface area contributed by atoms with Gasteiger partial charge in [-0.3, -0.25) is 4.68 Å². The van der Waals surface area contributed by atoms with Crippen LogP contribution in [0.25, 0.3) is 11.3 Å². The van der Waals surface area contributed by atoms with Crippen LogP contribution >= 0.6 is 0 Å². The van der Waals surface area contributed by atoms with Crippen molar-refractivity contribution in [1.82, 2.24) is 9.78 Å². The first-order chi connectivity index (χ1) is 7.85. The van der Waals surface area contributed by atoms with E-state index in [0.717, 1.165) is 23.5 Å². The molecule has 0 atom stereocenters. The molecule has 0 aliphatic carbocycles. The molecule has 0 bridgehead atoms. The van der Waals surface area contributed by atoms with E-state index in [1.54, 1.807) is 0 Å². The fraction of sp³-hybridized carbons (Fsp3) is 0.231. The maximum absolute atomic E-state index is 8.73. The molecule has 3 nitrogen and oxygen atoms in total. The summed E-state index contributed by atoms with van der Waals surface area (Å²) in [5.41, 5.74) is 3.01. The lowest BCUT2D eigenvalue weighted by Gasteiger charge is -1.98. The van der Waals surface area contributed by atoms with Crippen molar-refractivity contribution in [2.75, 3.05) is 0 Å². The second kappa shape index (κ2) is 4.63. The molecule has 0 saturated carbocycles. The molecule has 1 aromatic heterocycles.